The summed E-state index contributed by atoms with van der Waals surface area (Å²) < 4.78 is 65.9. The first kappa shape index (κ1) is 23.5. The SMILES string of the molecule is COc1cc(F)ccc1[C@H]1[C@H](C(=O)Nc2ccnc(C(=O)O)c2)O[C@@](C)(C(F)(F)F)[C@H]1C. The standard InChI is InChI=1S/C21H20F4N2O5/c1-10-16(13-5-4-11(22)8-15(13)31-3)17(32-20(10,2)21(23,24)25)18(28)27-12-6-7-26-14(9-12)19(29)30/h4-10,16-17H,1-3H3,(H,29,30)(H,26,27,28)/t10-,16-,17+,20+/m0/s1. The molecule has 0 aliphatic carbocycles. The lowest BCUT2D eigenvalue weighted by atomic mass is 9.77. The number of hydrogen-bond acceptors (Lipinski definition) is 5. The number of carbonyl (C=O) groups is 2. The van der Waals surface area contributed by atoms with Crippen molar-refractivity contribution >= 4 is 17.6 Å². The van der Waals surface area contributed by atoms with E-state index in [-0.39, 0.29) is 22.7 Å². The van der Waals surface area contributed by atoms with Crippen molar-refractivity contribution in [2.24, 2.45) is 5.92 Å². The second kappa shape index (κ2) is 8.38. The number of ether oxygens (including phenoxy) is 2. The largest absolute Gasteiger partial charge is 0.496 e. The van der Waals surface area contributed by atoms with Gasteiger partial charge in [-0.15, -0.1) is 0 Å². The topological polar surface area (TPSA) is 97.8 Å². The van der Waals surface area contributed by atoms with Crippen LogP contribution in [-0.2, 0) is 9.53 Å². The van der Waals surface area contributed by atoms with Crippen LogP contribution in [0.2, 0.25) is 0 Å². The highest BCUT2D eigenvalue weighted by atomic mass is 19.4. The number of anilines is 1. The molecule has 0 bridgehead atoms. The molecule has 1 aliphatic rings. The van der Waals surface area contributed by atoms with Gasteiger partial charge in [-0.3, -0.25) is 4.79 Å². The number of carbonyl (C=O) groups excluding carboxylic acids is 1. The number of amides is 1. The molecule has 0 unspecified atom stereocenters. The number of aromatic carboxylic acids is 1. The van der Waals surface area contributed by atoms with E-state index in [0.717, 1.165) is 31.3 Å². The van der Waals surface area contributed by atoms with E-state index in [9.17, 15) is 27.2 Å². The predicted octanol–water partition coefficient (Wildman–Crippen LogP) is 4.01. The number of methoxy groups -OCH3 is 1. The Hall–Kier alpha value is -3.21. The van der Waals surface area contributed by atoms with Gasteiger partial charge in [0.2, 0.25) is 0 Å². The van der Waals surface area contributed by atoms with Crippen LogP contribution in [0, 0.1) is 11.7 Å². The quantitative estimate of drug-likeness (QED) is 0.660. The zero-order chi connectivity index (χ0) is 23.8. The fourth-order valence-electron chi connectivity index (χ4n) is 3.82. The van der Waals surface area contributed by atoms with Gasteiger partial charge < -0.3 is 19.9 Å². The van der Waals surface area contributed by atoms with Crippen molar-refractivity contribution in [3.63, 3.8) is 0 Å². The molecule has 2 aromatic rings. The highest BCUT2D eigenvalue weighted by Gasteiger charge is 2.65. The van der Waals surface area contributed by atoms with Crippen molar-refractivity contribution in [2.45, 2.75) is 37.6 Å². The van der Waals surface area contributed by atoms with Crippen molar-refractivity contribution in [1.82, 2.24) is 4.98 Å². The molecule has 0 spiro atoms. The Morgan fingerprint density at radius 1 is 1.25 bits per heavy atom. The molecule has 0 radical (unpaired) electrons. The van der Waals surface area contributed by atoms with Crippen molar-refractivity contribution < 1.29 is 41.7 Å². The van der Waals surface area contributed by atoms with Gasteiger partial charge in [0.15, 0.2) is 5.60 Å². The normalized spacial score (nSPS) is 25.4. The first-order chi connectivity index (χ1) is 14.9. The van der Waals surface area contributed by atoms with Crippen LogP contribution >= 0.6 is 0 Å². The van der Waals surface area contributed by atoms with E-state index in [2.05, 4.69) is 10.3 Å². The van der Waals surface area contributed by atoms with Gasteiger partial charge in [-0.2, -0.15) is 13.2 Å². The van der Waals surface area contributed by atoms with E-state index in [1.165, 1.54) is 26.2 Å². The van der Waals surface area contributed by atoms with Crippen LogP contribution in [0.5, 0.6) is 5.75 Å². The minimum Gasteiger partial charge on any atom is -0.496 e. The number of carboxylic acid groups (broad SMARTS) is 1. The lowest BCUT2D eigenvalue weighted by Crippen LogP contribution is -2.47. The van der Waals surface area contributed by atoms with Gasteiger partial charge in [0.1, 0.15) is 23.4 Å². The lowest BCUT2D eigenvalue weighted by Gasteiger charge is -2.32. The van der Waals surface area contributed by atoms with Crippen LogP contribution < -0.4 is 10.1 Å². The molecule has 7 nitrogen and oxygen atoms in total. The number of alkyl halides is 3. The monoisotopic (exact) mass is 456 g/mol. The molecule has 2 N–H and O–H groups in total. The zero-order valence-corrected chi connectivity index (χ0v) is 17.2. The van der Waals surface area contributed by atoms with E-state index in [1.807, 2.05) is 0 Å². The predicted molar refractivity (Wildman–Crippen MR) is 104 cm³/mol. The maximum atomic E-state index is 13.9. The maximum Gasteiger partial charge on any atom is 0.417 e. The van der Waals surface area contributed by atoms with Gasteiger partial charge in [-0.1, -0.05) is 13.0 Å². The van der Waals surface area contributed by atoms with Crippen molar-refractivity contribution in [1.29, 1.82) is 0 Å². The fourth-order valence-corrected chi connectivity index (χ4v) is 3.82. The number of nitrogens with one attached hydrogen (secondary N) is 1. The Kier molecular flexibility index (Phi) is 6.14. The molecule has 32 heavy (non-hydrogen) atoms. The third kappa shape index (κ3) is 4.12. The zero-order valence-electron chi connectivity index (χ0n) is 17.2. The number of hydrogen-bond donors (Lipinski definition) is 2. The third-order valence-electron chi connectivity index (χ3n) is 5.73. The molecular weight excluding hydrogens is 436 g/mol. The van der Waals surface area contributed by atoms with Gasteiger partial charge in [0.05, 0.1) is 7.11 Å². The Morgan fingerprint density at radius 2 is 1.94 bits per heavy atom. The fraction of sp³-hybridized carbons (Fsp3) is 0.381. The average Bonchev–Trinajstić information content (AvgIpc) is 3.00. The molecule has 1 aliphatic heterocycles. The van der Waals surface area contributed by atoms with Crippen LogP contribution in [-0.4, -0.2) is 47.0 Å². The third-order valence-corrected chi connectivity index (χ3v) is 5.73. The molecule has 1 fully saturated rings. The summed E-state index contributed by atoms with van der Waals surface area (Å²) in [4.78, 5) is 27.7. The van der Waals surface area contributed by atoms with E-state index in [1.54, 1.807) is 0 Å². The molecule has 1 aromatic heterocycles. The second-order valence-electron chi connectivity index (χ2n) is 7.57. The number of benzene rings is 1. The van der Waals surface area contributed by atoms with Crippen LogP contribution in [0.25, 0.3) is 0 Å². The van der Waals surface area contributed by atoms with E-state index in [4.69, 9.17) is 14.6 Å². The van der Waals surface area contributed by atoms with E-state index < -0.39 is 47.4 Å². The van der Waals surface area contributed by atoms with Gasteiger partial charge >= 0.3 is 12.1 Å². The first-order valence-electron chi connectivity index (χ1n) is 9.47. The van der Waals surface area contributed by atoms with Crippen molar-refractivity contribution in [3.8, 4) is 5.75 Å². The Morgan fingerprint density at radius 3 is 2.53 bits per heavy atom. The number of halogens is 4. The molecule has 2 heterocycles. The summed E-state index contributed by atoms with van der Waals surface area (Å²) in [7, 11) is 1.24. The molecule has 1 amide bonds. The molecule has 1 saturated heterocycles. The smallest absolute Gasteiger partial charge is 0.417 e. The molecule has 0 saturated carbocycles. The second-order valence-corrected chi connectivity index (χ2v) is 7.57. The molecule has 172 valence electrons. The Bertz CT molecular complexity index is 1050. The maximum absolute atomic E-state index is 13.9. The van der Waals surface area contributed by atoms with Gasteiger partial charge in [0, 0.05) is 35.3 Å². The molecule has 3 rings (SSSR count). The van der Waals surface area contributed by atoms with Crippen LogP contribution in [0.4, 0.5) is 23.2 Å². The van der Waals surface area contributed by atoms with Crippen LogP contribution in [0.1, 0.15) is 35.8 Å². The minimum absolute atomic E-state index is 0.0177. The number of nitrogens with zero attached hydrogens (tertiary/aromatic N) is 1. The number of aromatic nitrogens is 1. The summed E-state index contributed by atoms with van der Waals surface area (Å²) in [6.07, 6.45) is -5.30. The molecule has 11 heteroatoms. The highest BCUT2D eigenvalue weighted by Crippen LogP contribution is 2.54. The summed E-state index contributed by atoms with van der Waals surface area (Å²) in [5.41, 5.74) is -2.84. The van der Waals surface area contributed by atoms with Gasteiger partial charge in [-0.05, 0) is 25.1 Å². The first-order valence-corrected chi connectivity index (χ1v) is 9.47. The van der Waals surface area contributed by atoms with Crippen molar-refractivity contribution in [2.75, 3.05) is 12.4 Å². The van der Waals surface area contributed by atoms with Crippen LogP contribution in [0.15, 0.2) is 36.5 Å². The van der Waals surface area contributed by atoms with E-state index in [0.29, 0.717) is 0 Å². The van der Waals surface area contributed by atoms with E-state index >= 15 is 0 Å². The average molecular weight is 456 g/mol. The molecule has 1 aromatic carbocycles. The molecular formula is C21H20F4N2O5. The summed E-state index contributed by atoms with van der Waals surface area (Å²) in [5, 5.41) is 11.4. The van der Waals surface area contributed by atoms with Gasteiger partial charge in [-0.25, -0.2) is 14.2 Å². The summed E-state index contributed by atoms with van der Waals surface area (Å²) in [6.45, 7) is 2.14. The number of pyridine rings is 1. The van der Waals surface area contributed by atoms with Crippen LogP contribution in [0.3, 0.4) is 0 Å². The minimum atomic E-state index is -4.81. The highest BCUT2D eigenvalue weighted by molar-refractivity contribution is 5.96. The summed E-state index contributed by atoms with van der Waals surface area (Å²) >= 11 is 0. The van der Waals surface area contributed by atoms with Crippen molar-refractivity contribution in [3.05, 3.63) is 53.6 Å². The summed E-state index contributed by atoms with van der Waals surface area (Å²) in [6, 6.07) is 5.69. The Balaban J connectivity index is 2.04. The lowest BCUT2D eigenvalue weighted by molar-refractivity contribution is -0.272. The summed E-state index contributed by atoms with van der Waals surface area (Å²) in [5.74, 6) is -5.33. The Labute approximate surface area is 180 Å². The van der Waals surface area contributed by atoms with Gasteiger partial charge in [0.25, 0.3) is 5.91 Å². The number of rotatable bonds is 5. The molecule has 4 atom stereocenters. The number of carboxylic acids is 1.